The summed E-state index contributed by atoms with van der Waals surface area (Å²) in [4.78, 5) is 15.1. The van der Waals surface area contributed by atoms with E-state index in [1.165, 1.54) is 5.56 Å². The number of nitrogens with zero attached hydrogens (tertiary/aromatic N) is 4. The molecular weight excluding hydrogens is 314 g/mol. The maximum absolute atomic E-state index is 12.8. The molecule has 132 valence electrons. The monoisotopic (exact) mass is 339 g/mol. The van der Waals surface area contributed by atoms with Crippen molar-refractivity contribution in [3.05, 3.63) is 41.7 Å². The Bertz CT molecular complexity index is 738. The smallest absolute Gasteiger partial charge is 0.231 e. The van der Waals surface area contributed by atoms with E-state index in [1.54, 1.807) is 0 Å². The van der Waals surface area contributed by atoms with Gasteiger partial charge in [-0.3, -0.25) is 19.6 Å². The van der Waals surface area contributed by atoms with E-state index < -0.39 is 0 Å². The summed E-state index contributed by atoms with van der Waals surface area (Å²) in [7, 11) is 0. The second-order valence-corrected chi connectivity index (χ2v) is 7.22. The number of hydrogen-bond acceptors (Lipinski definition) is 4. The molecule has 2 aliphatic rings. The quantitative estimate of drug-likeness (QED) is 0.910. The van der Waals surface area contributed by atoms with Crippen LogP contribution in [0.5, 0.6) is 0 Å². The highest BCUT2D eigenvalue weighted by molar-refractivity contribution is 5.91. The fraction of sp³-hybridized carbons (Fsp3) is 0.526. The first-order chi connectivity index (χ1) is 12.2. The van der Waals surface area contributed by atoms with Crippen LogP contribution < -0.4 is 5.32 Å². The largest absolute Gasteiger partial charge is 0.298 e. The third kappa shape index (κ3) is 3.74. The molecule has 1 unspecified atom stereocenters. The van der Waals surface area contributed by atoms with E-state index in [9.17, 15) is 4.79 Å². The summed E-state index contributed by atoms with van der Waals surface area (Å²) < 4.78 is 2.07. The summed E-state index contributed by atoms with van der Waals surface area (Å²) in [5.74, 6) is 1.59. The fourth-order valence-corrected chi connectivity index (χ4v) is 3.69. The molecule has 1 N–H and O–H groups in total. The minimum absolute atomic E-state index is 0.0159. The average molecular weight is 339 g/mol. The van der Waals surface area contributed by atoms with Gasteiger partial charge in [-0.2, -0.15) is 0 Å². The molecule has 6 nitrogen and oxygen atoms in total. The van der Waals surface area contributed by atoms with Crippen molar-refractivity contribution in [2.45, 2.75) is 45.2 Å². The Kier molecular flexibility index (Phi) is 4.53. The summed E-state index contributed by atoms with van der Waals surface area (Å²) in [6.07, 6.45) is 4.29. The first kappa shape index (κ1) is 16.3. The minimum atomic E-state index is 0.0159. The second-order valence-electron chi connectivity index (χ2n) is 7.22. The number of likely N-dealkylation sites (tertiary alicyclic amines) is 1. The fourth-order valence-electron chi connectivity index (χ4n) is 3.69. The van der Waals surface area contributed by atoms with E-state index >= 15 is 0 Å². The molecule has 0 spiro atoms. The molecule has 1 aromatic heterocycles. The van der Waals surface area contributed by atoms with Gasteiger partial charge in [0.15, 0.2) is 0 Å². The lowest BCUT2D eigenvalue weighted by Gasteiger charge is -2.31. The van der Waals surface area contributed by atoms with Crippen LogP contribution in [0.25, 0.3) is 0 Å². The summed E-state index contributed by atoms with van der Waals surface area (Å²) in [6, 6.07) is 10.9. The topological polar surface area (TPSA) is 63.1 Å². The van der Waals surface area contributed by atoms with Crippen molar-refractivity contribution in [3.8, 4) is 0 Å². The van der Waals surface area contributed by atoms with E-state index in [0.29, 0.717) is 12.0 Å². The van der Waals surface area contributed by atoms with Crippen LogP contribution in [0.2, 0.25) is 0 Å². The first-order valence-corrected chi connectivity index (χ1v) is 9.19. The molecule has 6 heteroatoms. The maximum Gasteiger partial charge on any atom is 0.231 e. The Morgan fingerprint density at radius 2 is 2.00 bits per heavy atom. The number of aromatic nitrogens is 3. The van der Waals surface area contributed by atoms with Crippen LogP contribution >= 0.6 is 0 Å². The van der Waals surface area contributed by atoms with Gasteiger partial charge < -0.3 is 0 Å². The molecule has 1 atom stereocenters. The molecule has 2 fully saturated rings. The Labute approximate surface area is 148 Å². The van der Waals surface area contributed by atoms with Crippen molar-refractivity contribution < 1.29 is 4.79 Å². The Morgan fingerprint density at radius 3 is 2.76 bits per heavy atom. The average Bonchev–Trinajstić information content (AvgIpc) is 3.40. The van der Waals surface area contributed by atoms with E-state index in [1.807, 2.05) is 13.0 Å². The number of carbonyl (C=O) groups is 1. The SMILES string of the molecule is Cc1nnc(NC(=O)C2CCCN(Cc3ccccc3)C2)n1C1CC1. The van der Waals surface area contributed by atoms with Crippen molar-refractivity contribution in [2.75, 3.05) is 18.4 Å². The van der Waals surface area contributed by atoms with Crippen molar-refractivity contribution in [1.29, 1.82) is 0 Å². The summed E-state index contributed by atoms with van der Waals surface area (Å²) in [5, 5.41) is 11.3. The lowest BCUT2D eigenvalue weighted by Crippen LogP contribution is -2.40. The van der Waals surface area contributed by atoms with Gasteiger partial charge in [-0.1, -0.05) is 30.3 Å². The van der Waals surface area contributed by atoms with Gasteiger partial charge in [-0.15, -0.1) is 10.2 Å². The zero-order valence-corrected chi connectivity index (χ0v) is 14.7. The molecule has 1 aromatic carbocycles. The van der Waals surface area contributed by atoms with Gasteiger partial charge in [0.05, 0.1) is 5.92 Å². The van der Waals surface area contributed by atoms with Gasteiger partial charge in [-0.25, -0.2) is 0 Å². The molecule has 4 rings (SSSR count). The van der Waals surface area contributed by atoms with Gasteiger partial charge in [0, 0.05) is 19.1 Å². The normalized spacial score (nSPS) is 21.2. The molecule has 1 amide bonds. The van der Waals surface area contributed by atoms with Gasteiger partial charge in [-0.05, 0) is 44.7 Å². The highest BCUT2D eigenvalue weighted by Crippen LogP contribution is 2.37. The van der Waals surface area contributed by atoms with Crippen LogP contribution in [0.3, 0.4) is 0 Å². The molecule has 1 saturated carbocycles. The Balaban J connectivity index is 1.38. The van der Waals surface area contributed by atoms with Gasteiger partial charge in [0.2, 0.25) is 11.9 Å². The predicted octanol–water partition coefficient (Wildman–Crippen LogP) is 2.77. The second kappa shape index (κ2) is 6.96. The zero-order valence-electron chi connectivity index (χ0n) is 14.7. The molecule has 25 heavy (non-hydrogen) atoms. The van der Waals surface area contributed by atoms with Crippen LogP contribution in [0.4, 0.5) is 5.95 Å². The van der Waals surface area contributed by atoms with Crippen LogP contribution in [0.1, 0.15) is 43.1 Å². The molecule has 1 saturated heterocycles. The van der Waals surface area contributed by atoms with Gasteiger partial charge >= 0.3 is 0 Å². The molecule has 2 aromatic rings. The maximum atomic E-state index is 12.8. The molecule has 2 heterocycles. The minimum Gasteiger partial charge on any atom is -0.298 e. The number of rotatable bonds is 5. The predicted molar refractivity (Wildman–Crippen MR) is 96.1 cm³/mol. The van der Waals surface area contributed by atoms with Crippen molar-refractivity contribution in [1.82, 2.24) is 19.7 Å². The van der Waals surface area contributed by atoms with Crippen LogP contribution in [-0.4, -0.2) is 38.7 Å². The molecule has 0 bridgehead atoms. The lowest BCUT2D eigenvalue weighted by atomic mass is 9.96. The standard InChI is InChI=1S/C19H25N5O/c1-14-21-22-19(24(14)17-9-10-17)20-18(25)16-8-5-11-23(13-16)12-15-6-3-2-4-7-15/h2-4,6-7,16-17H,5,8-13H2,1H3,(H,20,22,25). The summed E-state index contributed by atoms with van der Waals surface area (Å²) in [5.41, 5.74) is 1.30. The van der Waals surface area contributed by atoms with Crippen LogP contribution in [0.15, 0.2) is 30.3 Å². The van der Waals surface area contributed by atoms with Gasteiger partial charge in [0.1, 0.15) is 5.82 Å². The Morgan fingerprint density at radius 1 is 1.20 bits per heavy atom. The molecule has 1 aliphatic carbocycles. The van der Waals surface area contributed by atoms with E-state index in [0.717, 1.165) is 51.1 Å². The van der Waals surface area contributed by atoms with Crippen molar-refractivity contribution in [2.24, 2.45) is 5.92 Å². The van der Waals surface area contributed by atoms with Crippen LogP contribution in [-0.2, 0) is 11.3 Å². The molecule has 0 radical (unpaired) electrons. The highest BCUT2D eigenvalue weighted by atomic mass is 16.2. The number of nitrogens with one attached hydrogen (secondary N) is 1. The van der Waals surface area contributed by atoms with Crippen molar-refractivity contribution in [3.63, 3.8) is 0 Å². The number of benzene rings is 1. The number of amides is 1. The van der Waals surface area contributed by atoms with E-state index in [-0.39, 0.29) is 11.8 Å². The number of anilines is 1. The van der Waals surface area contributed by atoms with E-state index in [2.05, 4.69) is 49.2 Å². The zero-order chi connectivity index (χ0) is 17.2. The van der Waals surface area contributed by atoms with E-state index in [4.69, 9.17) is 0 Å². The third-order valence-corrected chi connectivity index (χ3v) is 5.14. The molecule has 1 aliphatic heterocycles. The lowest BCUT2D eigenvalue weighted by molar-refractivity contribution is -0.121. The number of piperidine rings is 1. The first-order valence-electron chi connectivity index (χ1n) is 9.19. The summed E-state index contributed by atoms with van der Waals surface area (Å²) in [6.45, 7) is 4.71. The number of aryl methyl sites for hydroxylation is 1. The van der Waals surface area contributed by atoms with Gasteiger partial charge in [0.25, 0.3) is 0 Å². The van der Waals surface area contributed by atoms with Crippen molar-refractivity contribution >= 4 is 11.9 Å². The molecular formula is C19H25N5O. The third-order valence-electron chi connectivity index (χ3n) is 5.14. The van der Waals surface area contributed by atoms with Crippen LogP contribution in [0, 0.1) is 12.8 Å². The Hall–Kier alpha value is -2.21. The summed E-state index contributed by atoms with van der Waals surface area (Å²) >= 11 is 0. The number of carbonyl (C=O) groups excluding carboxylic acids is 1. The highest BCUT2D eigenvalue weighted by Gasteiger charge is 2.31. The number of hydrogen-bond donors (Lipinski definition) is 1.